The maximum absolute atomic E-state index is 13.1. The summed E-state index contributed by atoms with van der Waals surface area (Å²) in [6, 6.07) is 5.83. The Morgan fingerprint density at radius 1 is 1.31 bits per heavy atom. The lowest BCUT2D eigenvalue weighted by Gasteiger charge is -2.08. The molecule has 0 unspecified atom stereocenters. The zero-order valence-electron chi connectivity index (χ0n) is 13.6. The van der Waals surface area contributed by atoms with Crippen molar-refractivity contribution < 1.29 is 23.0 Å². The van der Waals surface area contributed by atoms with Crippen LogP contribution in [0.2, 0.25) is 5.02 Å². The molecule has 0 spiro atoms. The van der Waals surface area contributed by atoms with E-state index in [-0.39, 0.29) is 22.4 Å². The van der Waals surface area contributed by atoms with Gasteiger partial charge >= 0.3 is 6.29 Å². The highest BCUT2D eigenvalue weighted by molar-refractivity contribution is 6.33. The summed E-state index contributed by atoms with van der Waals surface area (Å²) in [7, 11) is 0. The fraction of sp³-hybridized carbons (Fsp3) is 0.111. The van der Waals surface area contributed by atoms with Crippen molar-refractivity contribution in [2.75, 3.05) is 5.32 Å². The molecule has 2 aromatic rings. The predicted octanol–water partition coefficient (Wildman–Crippen LogP) is 4.79. The van der Waals surface area contributed by atoms with Gasteiger partial charge < -0.3 is 14.8 Å². The minimum atomic E-state index is -3.71. The lowest BCUT2D eigenvalue weighted by atomic mass is 10.1. The maximum Gasteiger partial charge on any atom is 0.586 e. The van der Waals surface area contributed by atoms with Crippen molar-refractivity contribution in [1.29, 1.82) is 0 Å². The van der Waals surface area contributed by atoms with Crippen molar-refractivity contribution in [3.8, 4) is 22.6 Å². The monoisotopic (exact) mass is 378 g/mol. The molecule has 1 aliphatic heterocycles. The molecule has 3 rings (SSSR count). The minimum absolute atomic E-state index is 0.114. The third-order valence-electron chi connectivity index (χ3n) is 3.53. The number of carbonyl (C=O) groups is 1. The molecule has 0 bridgehead atoms. The molecule has 0 aliphatic carbocycles. The zero-order chi connectivity index (χ0) is 18.9. The van der Waals surface area contributed by atoms with Gasteiger partial charge in [0, 0.05) is 29.0 Å². The van der Waals surface area contributed by atoms with Gasteiger partial charge in [-0.05, 0) is 25.1 Å². The largest absolute Gasteiger partial charge is 0.586 e. The number of nitrogens with one attached hydrogen (secondary N) is 1. The summed E-state index contributed by atoms with van der Waals surface area (Å²) >= 11 is 6.14. The van der Waals surface area contributed by atoms with Gasteiger partial charge in [0.05, 0.1) is 5.02 Å². The van der Waals surface area contributed by atoms with Crippen molar-refractivity contribution in [3.63, 3.8) is 0 Å². The number of amides is 1. The van der Waals surface area contributed by atoms with Crippen LogP contribution in [-0.2, 0) is 4.79 Å². The first-order valence-corrected chi connectivity index (χ1v) is 7.83. The Kier molecular flexibility index (Phi) is 4.65. The van der Waals surface area contributed by atoms with Crippen molar-refractivity contribution in [1.82, 2.24) is 4.98 Å². The van der Waals surface area contributed by atoms with Gasteiger partial charge in [0.25, 0.3) is 5.91 Å². The molecule has 1 aliphatic rings. The van der Waals surface area contributed by atoms with Crippen molar-refractivity contribution in [3.05, 3.63) is 59.8 Å². The van der Waals surface area contributed by atoms with Crippen molar-refractivity contribution in [2.24, 2.45) is 0 Å². The van der Waals surface area contributed by atoms with Crippen LogP contribution in [0.1, 0.15) is 6.92 Å². The van der Waals surface area contributed by atoms with Gasteiger partial charge in [-0.25, -0.2) is 4.98 Å². The average molecular weight is 379 g/mol. The number of alkyl halides is 2. The van der Waals surface area contributed by atoms with Crippen LogP contribution in [0.4, 0.5) is 14.6 Å². The molecule has 1 N–H and O–H groups in total. The van der Waals surface area contributed by atoms with Gasteiger partial charge in [-0.3, -0.25) is 4.79 Å². The predicted molar refractivity (Wildman–Crippen MR) is 93.5 cm³/mol. The summed E-state index contributed by atoms with van der Waals surface area (Å²) in [5.74, 6) is -0.227. The number of aromatic nitrogens is 1. The van der Waals surface area contributed by atoms with Crippen LogP contribution in [0, 0.1) is 0 Å². The molecule has 1 amide bonds. The van der Waals surface area contributed by atoms with Gasteiger partial charge in [-0.2, -0.15) is 0 Å². The van der Waals surface area contributed by atoms with Crippen LogP contribution < -0.4 is 14.8 Å². The number of ether oxygens (including phenoxy) is 2. The Morgan fingerprint density at radius 3 is 2.62 bits per heavy atom. The Balaban J connectivity index is 1.83. The number of fused-ring (bicyclic) bond motifs is 1. The van der Waals surface area contributed by atoms with Crippen LogP contribution >= 0.6 is 11.6 Å². The number of allylic oxidation sites excluding steroid dienone is 2. The van der Waals surface area contributed by atoms with Crippen LogP contribution in [0.15, 0.2) is 54.8 Å². The van der Waals surface area contributed by atoms with Gasteiger partial charge in [0.2, 0.25) is 0 Å². The number of benzene rings is 1. The van der Waals surface area contributed by atoms with Crippen molar-refractivity contribution >= 4 is 23.3 Å². The quantitative estimate of drug-likeness (QED) is 0.613. The number of rotatable bonds is 4. The summed E-state index contributed by atoms with van der Waals surface area (Å²) < 4.78 is 35.1. The van der Waals surface area contributed by atoms with Crippen LogP contribution in [-0.4, -0.2) is 17.2 Å². The number of hydrogen-bond donors (Lipinski definition) is 1. The van der Waals surface area contributed by atoms with E-state index in [2.05, 4.69) is 26.4 Å². The third-order valence-corrected chi connectivity index (χ3v) is 3.85. The molecular weight excluding hydrogens is 366 g/mol. The summed E-state index contributed by atoms with van der Waals surface area (Å²) in [5, 5.41) is 2.83. The minimum Gasteiger partial charge on any atom is -0.395 e. The molecule has 0 atom stereocenters. The highest BCUT2D eigenvalue weighted by Crippen LogP contribution is 2.45. The van der Waals surface area contributed by atoms with E-state index in [1.54, 1.807) is 25.1 Å². The van der Waals surface area contributed by atoms with Crippen LogP contribution in [0.25, 0.3) is 11.1 Å². The molecule has 8 heteroatoms. The Hall–Kier alpha value is -2.93. The molecule has 134 valence electrons. The SMILES string of the molecule is C=C/C=C(\C)C(=O)Nc1ccc(-c2cc3c(cc2Cl)OC(F)(F)O3)cn1. The first-order valence-electron chi connectivity index (χ1n) is 7.45. The normalized spacial score (nSPS) is 14.8. The standard InChI is InChI=1S/C18H13ClF2N2O3/c1-3-4-10(2)17(24)23-16-6-5-11(9-22-16)12-7-14-15(8-13(12)19)26-18(20,21)25-14/h3-9H,1H2,2H3,(H,22,23,24)/b10-4+. The molecule has 0 saturated heterocycles. The van der Waals surface area contributed by atoms with Gasteiger partial charge in [0.1, 0.15) is 5.82 Å². The van der Waals surface area contributed by atoms with Crippen LogP contribution in [0.3, 0.4) is 0 Å². The summed E-state index contributed by atoms with van der Waals surface area (Å²) in [4.78, 5) is 16.0. The molecule has 1 aromatic heterocycles. The molecule has 0 fully saturated rings. The number of nitrogens with zero attached hydrogens (tertiary/aromatic N) is 1. The number of hydrogen-bond acceptors (Lipinski definition) is 4. The number of pyridine rings is 1. The number of halogens is 3. The Morgan fingerprint density at radius 2 is 2.00 bits per heavy atom. The van der Waals surface area contributed by atoms with E-state index in [4.69, 9.17) is 11.6 Å². The topological polar surface area (TPSA) is 60.5 Å². The second-order valence-corrected chi connectivity index (χ2v) is 5.83. The Labute approximate surface area is 152 Å². The van der Waals surface area contributed by atoms with E-state index in [1.807, 2.05) is 0 Å². The van der Waals surface area contributed by atoms with Crippen LogP contribution in [0.5, 0.6) is 11.5 Å². The average Bonchev–Trinajstić information content (AvgIpc) is 2.88. The van der Waals surface area contributed by atoms with Gasteiger partial charge in [0.15, 0.2) is 11.5 Å². The molecule has 1 aromatic carbocycles. The Bertz CT molecular complexity index is 911. The highest BCUT2D eigenvalue weighted by Gasteiger charge is 2.43. The van der Waals surface area contributed by atoms with E-state index >= 15 is 0 Å². The summed E-state index contributed by atoms with van der Waals surface area (Å²) in [6.07, 6.45) is 0.833. The number of anilines is 1. The van der Waals surface area contributed by atoms with Gasteiger partial charge in [-0.1, -0.05) is 30.3 Å². The maximum atomic E-state index is 13.1. The van der Waals surface area contributed by atoms with Gasteiger partial charge in [-0.15, -0.1) is 8.78 Å². The first-order chi connectivity index (χ1) is 12.3. The summed E-state index contributed by atoms with van der Waals surface area (Å²) in [5.41, 5.74) is 1.48. The molecule has 0 saturated carbocycles. The number of carbonyl (C=O) groups excluding carboxylic acids is 1. The van der Waals surface area contributed by atoms with Crippen molar-refractivity contribution in [2.45, 2.75) is 13.2 Å². The fourth-order valence-electron chi connectivity index (χ4n) is 2.29. The molecule has 2 heterocycles. The lowest BCUT2D eigenvalue weighted by molar-refractivity contribution is -0.286. The fourth-order valence-corrected chi connectivity index (χ4v) is 2.55. The second kappa shape index (κ2) is 6.76. The second-order valence-electron chi connectivity index (χ2n) is 5.42. The van der Waals surface area contributed by atoms with E-state index in [1.165, 1.54) is 24.4 Å². The van der Waals surface area contributed by atoms with E-state index in [0.717, 1.165) is 0 Å². The zero-order valence-corrected chi connectivity index (χ0v) is 14.3. The first kappa shape index (κ1) is 17.9. The lowest BCUT2D eigenvalue weighted by Crippen LogP contribution is -2.25. The summed E-state index contributed by atoms with van der Waals surface area (Å²) in [6.45, 7) is 5.17. The third kappa shape index (κ3) is 3.67. The smallest absolute Gasteiger partial charge is 0.395 e. The molecular formula is C18H13ClF2N2O3. The van der Waals surface area contributed by atoms with E-state index in [9.17, 15) is 13.6 Å². The van der Waals surface area contributed by atoms with E-state index in [0.29, 0.717) is 22.5 Å². The van der Waals surface area contributed by atoms with E-state index < -0.39 is 6.29 Å². The molecule has 0 radical (unpaired) electrons. The molecule has 26 heavy (non-hydrogen) atoms. The molecule has 5 nitrogen and oxygen atoms in total. The highest BCUT2D eigenvalue weighted by atomic mass is 35.5.